The monoisotopic (exact) mass is 410 g/mol. The predicted molar refractivity (Wildman–Crippen MR) is 116 cm³/mol. The normalized spacial score (nSPS) is 13.7. The Balaban J connectivity index is 2.09. The summed E-state index contributed by atoms with van der Waals surface area (Å²) in [6.45, 7) is 3.95. The zero-order valence-electron chi connectivity index (χ0n) is 17.6. The molecule has 0 aliphatic heterocycles. The van der Waals surface area contributed by atoms with Gasteiger partial charge in [-0.15, -0.1) is 0 Å². The summed E-state index contributed by atoms with van der Waals surface area (Å²) in [4.78, 5) is 12.5. The number of allylic oxidation sites excluding steroid dienone is 2. The van der Waals surface area contributed by atoms with Crippen LogP contribution in [0.25, 0.3) is 12.2 Å². The lowest BCUT2D eigenvalue weighted by Crippen LogP contribution is -2.25. The van der Waals surface area contributed by atoms with Crippen molar-refractivity contribution in [1.29, 1.82) is 0 Å². The lowest BCUT2D eigenvalue weighted by molar-refractivity contribution is 0.0596. The van der Waals surface area contributed by atoms with Crippen LogP contribution in [0.4, 0.5) is 4.39 Å². The number of ether oxygens (including phenoxy) is 2. The van der Waals surface area contributed by atoms with Gasteiger partial charge in [0.2, 0.25) is 0 Å². The van der Waals surface area contributed by atoms with Crippen LogP contribution in [0.3, 0.4) is 0 Å². The molecule has 5 heteroatoms. The van der Waals surface area contributed by atoms with Crippen molar-refractivity contribution in [2.75, 3.05) is 7.11 Å². The maximum atomic E-state index is 13.2. The SMILES string of the molecule is COC(=O)c1c(/C=C/c2ccc(F)cc2)cc(OC2CCC2)c(CC=C(C)C)c1O. The van der Waals surface area contributed by atoms with Crippen molar-refractivity contribution < 1.29 is 23.8 Å². The van der Waals surface area contributed by atoms with Gasteiger partial charge in [0.25, 0.3) is 0 Å². The van der Waals surface area contributed by atoms with Crippen LogP contribution in [0.15, 0.2) is 42.0 Å². The maximum absolute atomic E-state index is 13.2. The number of methoxy groups -OCH3 is 1. The smallest absolute Gasteiger partial charge is 0.342 e. The summed E-state index contributed by atoms with van der Waals surface area (Å²) < 4.78 is 24.2. The topological polar surface area (TPSA) is 55.8 Å². The molecule has 0 bridgehead atoms. The van der Waals surface area contributed by atoms with E-state index in [4.69, 9.17) is 9.47 Å². The number of esters is 1. The van der Waals surface area contributed by atoms with E-state index in [2.05, 4.69) is 0 Å². The summed E-state index contributed by atoms with van der Waals surface area (Å²) in [7, 11) is 1.28. The number of hydrogen-bond acceptors (Lipinski definition) is 4. The molecule has 4 nitrogen and oxygen atoms in total. The quantitative estimate of drug-likeness (QED) is 0.349. The van der Waals surface area contributed by atoms with Crippen molar-refractivity contribution in [2.24, 2.45) is 0 Å². The Morgan fingerprint density at radius 3 is 2.47 bits per heavy atom. The zero-order chi connectivity index (χ0) is 21.7. The molecule has 0 spiro atoms. The molecule has 3 rings (SSSR count). The largest absolute Gasteiger partial charge is 0.507 e. The molecule has 1 aliphatic rings. The van der Waals surface area contributed by atoms with Crippen molar-refractivity contribution >= 4 is 18.1 Å². The third-order valence-electron chi connectivity index (χ3n) is 5.17. The van der Waals surface area contributed by atoms with E-state index < -0.39 is 5.97 Å². The first-order valence-electron chi connectivity index (χ1n) is 10.1. The van der Waals surface area contributed by atoms with Gasteiger partial charge in [-0.05, 0) is 68.9 Å². The predicted octanol–water partition coefficient (Wildman–Crippen LogP) is 5.93. The molecule has 0 heterocycles. The van der Waals surface area contributed by atoms with Gasteiger partial charge in [0.1, 0.15) is 22.9 Å². The molecule has 30 heavy (non-hydrogen) atoms. The van der Waals surface area contributed by atoms with E-state index in [0.29, 0.717) is 23.3 Å². The lowest BCUT2D eigenvalue weighted by Gasteiger charge is -2.28. The molecular formula is C25H27FO4. The number of phenols is 1. The Hall–Kier alpha value is -3.08. The van der Waals surface area contributed by atoms with Crippen LogP contribution in [0, 0.1) is 5.82 Å². The molecule has 0 radical (unpaired) electrons. The molecule has 1 aliphatic carbocycles. The fourth-order valence-corrected chi connectivity index (χ4v) is 3.19. The Bertz CT molecular complexity index is 966. The number of carbonyl (C=O) groups is 1. The minimum atomic E-state index is -0.625. The lowest BCUT2D eigenvalue weighted by atomic mass is 9.94. The van der Waals surface area contributed by atoms with Crippen LogP contribution >= 0.6 is 0 Å². The van der Waals surface area contributed by atoms with Gasteiger partial charge in [-0.25, -0.2) is 9.18 Å². The third kappa shape index (κ3) is 5.09. The van der Waals surface area contributed by atoms with Gasteiger partial charge in [0, 0.05) is 5.56 Å². The number of halogens is 1. The summed E-state index contributed by atoms with van der Waals surface area (Å²) >= 11 is 0. The van der Waals surface area contributed by atoms with Crippen molar-refractivity contribution in [3.63, 3.8) is 0 Å². The van der Waals surface area contributed by atoms with Gasteiger partial charge in [-0.3, -0.25) is 0 Å². The van der Waals surface area contributed by atoms with Gasteiger partial charge < -0.3 is 14.6 Å². The van der Waals surface area contributed by atoms with Crippen LogP contribution in [-0.4, -0.2) is 24.3 Å². The molecule has 0 aromatic heterocycles. The maximum Gasteiger partial charge on any atom is 0.342 e. The Kier molecular flexibility index (Phi) is 6.93. The van der Waals surface area contributed by atoms with Gasteiger partial charge >= 0.3 is 5.97 Å². The van der Waals surface area contributed by atoms with Crippen LogP contribution in [0.5, 0.6) is 11.5 Å². The van der Waals surface area contributed by atoms with E-state index in [1.54, 1.807) is 30.4 Å². The van der Waals surface area contributed by atoms with Crippen LogP contribution in [0.2, 0.25) is 0 Å². The standard InChI is InChI=1S/C25H27FO4/c1-16(2)7-14-21-22(30-20-5-4-6-20)15-18(23(24(21)27)25(28)29-3)11-8-17-9-12-19(26)13-10-17/h7-13,15,20,27H,4-6,14H2,1-3H3/b11-8+. The molecule has 1 fully saturated rings. The highest BCUT2D eigenvalue weighted by molar-refractivity contribution is 5.98. The van der Waals surface area contributed by atoms with Crippen molar-refractivity contribution in [3.8, 4) is 11.5 Å². The molecule has 0 saturated heterocycles. The second-order valence-corrected chi connectivity index (χ2v) is 7.70. The molecule has 0 amide bonds. The summed E-state index contributed by atoms with van der Waals surface area (Å²) in [6, 6.07) is 7.79. The van der Waals surface area contributed by atoms with Gasteiger partial charge in [-0.1, -0.05) is 35.9 Å². The average Bonchev–Trinajstić information content (AvgIpc) is 2.68. The first kappa shape index (κ1) is 21.6. The molecule has 0 unspecified atom stereocenters. The second-order valence-electron chi connectivity index (χ2n) is 7.70. The van der Waals surface area contributed by atoms with E-state index in [0.717, 1.165) is 30.4 Å². The number of hydrogen-bond donors (Lipinski definition) is 1. The summed E-state index contributed by atoms with van der Waals surface area (Å²) in [6.07, 6.45) is 9.08. The van der Waals surface area contributed by atoms with Gasteiger partial charge in [-0.2, -0.15) is 0 Å². The number of carbonyl (C=O) groups excluding carboxylic acids is 1. The van der Waals surface area contributed by atoms with E-state index >= 15 is 0 Å². The molecule has 158 valence electrons. The van der Waals surface area contributed by atoms with E-state index in [1.807, 2.05) is 19.9 Å². The minimum absolute atomic E-state index is 0.0916. The van der Waals surface area contributed by atoms with E-state index in [-0.39, 0.29) is 23.2 Å². The first-order valence-corrected chi connectivity index (χ1v) is 10.1. The highest BCUT2D eigenvalue weighted by Gasteiger charge is 2.26. The van der Waals surface area contributed by atoms with Crippen LogP contribution in [-0.2, 0) is 11.2 Å². The van der Waals surface area contributed by atoms with Gasteiger partial charge in [0.05, 0.1) is 13.2 Å². The van der Waals surface area contributed by atoms with E-state index in [1.165, 1.54) is 19.2 Å². The Morgan fingerprint density at radius 1 is 1.20 bits per heavy atom. The van der Waals surface area contributed by atoms with E-state index in [9.17, 15) is 14.3 Å². The molecule has 0 atom stereocenters. The molecule has 2 aromatic rings. The summed E-state index contributed by atoms with van der Waals surface area (Å²) in [5, 5.41) is 11.0. The highest BCUT2D eigenvalue weighted by Crippen LogP contribution is 2.39. The third-order valence-corrected chi connectivity index (χ3v) is 5.17. The number of aromatic hydroxyl groups is 1. The fraction of sp³-hybridized carbons (Fsp3) is 0.320. The average molecular weight is 410 g/mol. The molecule has 1 N–H and O–H groups in total. The Morgan fingerprint density at radius 2 is 1.90 bits per heavy atom. The number of rotatable bonds is 7. The van der Waals surface area contributed by atoms with Crippen LogP contribution < -0.4 is 4.74 Å². The summed E-state index contributed by atoms with van der Waals surface area (Å²) in [5.41, 5.74) is 3.01. The summed E-state index contributed by atoms with van der Waals surface area (Å²) in [5.74, 6) is -0.504. The van der Waals surface area contributed by atoms with Crippen molar-refractivity contribution in [1.82, 2.24) is 0 Å². The van der Waals surface area contributed by atoms with Crippen LogP contribution in [0.1, 0.15) is 60.2 Å². The van der Waals surface area contributed by atoms with Gasteiger partial charge in [0.15, 0.2) is 0 Å². The molecular weight excluding hydrogens is 383 g/mol. The highest BCUT2D eigenvalue weighted by atomic mass is 19.1. The number of phenolic OH excluding ortho intramolecular Hbond substituents is 1. The van der Waals surface area contributed by atoms with Crippen molar-refractivity contribution in [2.45, 2.75) is 45.6 Å². The zero-order valence-corrected chi connectivity index (χ0v) is 17.6. The fourth-order valence-electron chi connectivity index (χ4n) is 3.19. The minimum Gasteiger partial charge on any atom is -0.507 e. The Labute approximate surface area is 176 Å². The molecule has 1 saturated carbocycles. The second kappa shape index (κ2) is 9.61. The first-order chi connectivity index (χ1) is 14.4. The number of benzene rings is 2. The van der Waals surface area contributed by atoms with Crippen molar-refractivity contribution in [3.05, 3.63) is 70.1 Å². The molecule has 2 aromatic carbocycles.